The van der Waals surface area contributed by atoms with Crippen LogP contribution in [0.4, 0.5) is 5.69 Å². The summed E-state index contributed by atoms with van der Waals surface area (Å²) in [6.07, 6.45) is 4.83. The van der Waals surface area contributed by atoms with E-state index in [9.17, 15) is 10.1 Å². The topological polar surface area (TPSA) is 63.4 Å². The van der Waals surface area contributed by atoms with Crippen molar-refractivity contribution in [3.63, 3.8) is 0 Å². The van der Waals surface area contributed by atoms with E-state index in [4.69, 9.17) is 5.11 Å². The molecule has 1 atom stereocenters. The molecule has 0 saturated carbocycles. The standard InChI is InChI=1S/C8H18O.C6H5NO2/c1-3-5-6-8(4-2)7-9;8-7(9)6-4-2-1-3-5-6/h8-9H,3-7H2,1-2H3;1-5H. The van der Waals surface area contributed by atoms with E-state index in [2.05, 4.69) is 13.8 Å². The number of aliphatic hydroxyl groups excluding tert-OH is 1. The average molecular weight is 253 g/mol. The van der Waals surface area contributed by atoms with E-state index in [0.29, 0.717) is 12.5 Å². The van der Waals surface area contributed by atoms with Crippen molar-refractivity contribution in [1.82, 2.24) is 0 Å². The van der Waals surface area contributed by atoms with Crippen molar-refractivity contribution >= 4 is 5.69 Å². The van der Waals surface area contributed by atoms with Crippen molar-refractivity contribution in [1.29, 1.82) is 0 Å². The Bertz CT molecular complexity index is 310. The fraction of sp³-hybridized carbons (Fsp3) is 0.571. The van der Waals surface area contributed by atoms with Crippen LogP contribution in [0.5, 0.6) is 0 Å². The summed E-state index contributed by atoms with van der Waals surface area (Å²) in [5.74, 6) is 0.560. The third-order valence-corrected chi connectivity index (χ3v) is 2.77. The van der Waals surface area contributed by atoms with Gasteiger partial charge >= 0.3 is 0 Å². The predicted octanol–water partition coefficient (Wildman–Crippen LogP) is 3.79. The van der Waals surface area contributed by atoms with Gasteiger partial charge in [-0.2, -0.15) is 0 Å². The van der Waals surface area contributed by atoms with Crippen LogP contribution in [0.15, 0.2) is 30.3 Å². The first kappa shape index (κ1) is 16.6. The molecule has 0 aliphatic rings. The highest BCUT2D eigenvalue weighted by molar-refractivity contribution is 5.27. The molecule has 4 heteroatoms. The Balaban J connectivity index is 0.000000321. The number of rotatable bonds is 6. The van der Waals surface area contributed by atoms with Crippen LogP contribution in [0.1, 0.15) is 39.5 Å². The number of aliphatic hydroxyl groups is 1. The third-order valence-electron chi connectivity index (χ3n) is 2.77. The molecule has 0 heterocycles. The first-order valence-corrected chi connectivity index (χ1v) is 6.45. The van der Waals surface area contributed by atoms with Crippen molar-refractivity contribution in [3.8, 4) is 0 Å². The highest BCUT2D eigenvalue weighted by atomic mass is 16.6. The van der Waals surface area contributed by atoms with Crippen LogP contribution in [-0.2, 0) is 0 Å². The molecule has 1 rings (SSSR count). The second kappa shape index (κ2) is 10.7. The monoisotopic (exact) mass is 253 g/mol. The van der Waals surface area contributed by atoms with Gasteiger partial charge in [0.15, 0.2) is 0 Å². The summed E-state index contributed by atoms with van der Waals surface area (Å²) in [6.45, 7) is 4.69. The van der Waals surface area contributed by atoms with E-state index < -0.39 is 4.92 Å². The normalized spacial score (nSPS) is 11.3. The largest absolute Gasteiger partial charge is 0.396 e. The van der Waals surface area contributed by atoms with Crippen LogP contribution in [0.2, 0.25) is 0 Å². The Morgan fingerprint density at radius 3 is 2.22 bits per heavy atom. The molecule has 1 unspecified atom stereocenters. The van der Waals surface area contributed by atoms with Gasteiger partial charge in [-0.15, -0.1) is 0 Å². The summed E-state index contributed by atoms with van der Waals surface area (Å²) >= 11 is 0. The summed E-state index contributed by atoms with van der Waals surface area (Å²) in [5.41, 5.74) is 0.137. The second-order valence-electron chi connectivity index (χ2n) is 4.19. The molecule has 0 bridgehead atoms. The zero-order chi connectivity index (χ0) is 13.8. The lowest BCUT2D eigenvalue weighted by Gasteiger charge is -2.08. The zero-order valence-electron chi connectivity index (χ0n) is 11.2. The molecule has 0 amide bonds. The van der Waals surface area contributed by atoms with Crippen molar-refractivity contribution in [2.75, 3.05) is 6.61 Å². The molecule has 0 spiro atoms. The molecule has 1 N–H and O–H groups in total. The summed E-state index contributed by atoms with van der Waals surface area (Å²) in [4.78, 5) is 9.59. The maximum absolute atomic E-state index is 10.0. The fourth-order valence-corrected chi connectivity index (χ4v) is 1.47. The van der Waals surface area contributed by atoms with Crippen LogP contribution in [-0.4, -0.2) is 16.6 Å². The minimum Gasteiger partial charge on any atom is -0.396 e. The Hall–Kier alpha value is -1.42. The minimum atomic E-state index is -0.417. The second-order valence-corrected chi connectivity index (χ2v) is 4.19. The Kier molecular flexibility index (Phi) is 9.87. The Morgan fingerprint density at radius 1 is 1.28 bits per heavy atom. The van der Waals surface area contributed by atoms with E-state index in [1.54, 1.807) is 18.2 Å². The van der Waals surface area contributed by atoms with Gasteiger partial charge < -0.3 is 5.11 Å². The first-order chi connectivity index (χ1) is 8.65. The molecular weight excluding hydrogens is 230 g/mol. The maximum atomic E-state index is 10.0. The number of hydrogen-bond donors (Lipinski definition) is 1. The van der Waals surface area contributed by atoms with Crippen LogP contribution < -0.4 is 0 Å². The number of hydrogen-bond acceptors (Lipinski definition) is 3. The number of para-hydroxylation sites is 1. The first-order valence-electron chi connectivity index (χ1n) is 6.45. The third kappa shape index (κ3) is 7.79. The lowest BCUT2D eigenvalue weighted by Crippen LogP contribution is -2.03. The summed E-state index contributed by atoms with van der Waals surface area (Å²) in [6, 6.07) is 7.93. The molecule has 4 nitrogen and oxygen atoms in total. The molecule has 0 fully saturated rings. The number of non-ortho nitro benzene ring substituents is 1. The lowest BCUT2D eigenvalue weighted by atomic mass is 10.0. The van der Waals surface area contributed by atoms with Crippen molar-refractivity contribution in [3.05, 3.63) is 40.4 Å². The Morgan fingerprint density at radius 2 is 1.89 bits per heavy atom. The lowest BCUT2D eigenvalue weighted by molar-refractivity contribution is -0.384. The number of nitro groups is 1. The van der Waals surface area contributed by atoms with Crippen LogP contribution in [0.3, 0.4) is 0 Å². The molecule has 102 valence electrons. The van der Waals surface area contributed by atoms with Crippen LogP contribution >= 0.6 is 0 Å². The molecule has 0 aliphatic carbocycles. The van der Waals surface area contributed by atoms with Gasteiger partial charge in [-0.3, -0.25) is 10.1 Å². The van der Waals surface area contributed by atoms with Crippen molar-refractivity contribution in [2.45, 2.75) is 39.5 Å². The number of nitrogens with zero attached hydrogens (tertiary/aromatic N) is 1. The van der Waals surface area contributed by atoms with E-state index in [1.165, 1.54) is 31.4 Å². The van der Waals surface area contributed by atoms with Crippen molar-refractivity contribution < 1.29 is 10.0 Å². The molecule has 0 saturated heterocycles. The van der Waals surface area contributed by atoms with Crippen LogP contribution in [0, 0.1) is 16.0 Å². The predicted molar refractivity (Wildman–Crippen MR) is 73.5 cm³/mol. The maximum Gasteiger partial charge on any atom is 0.269 e. The van der Waals surface area contributed by atoms with Gasteiger partial charge in [-0.1, -0.05) is 51.3 Å². The minimum absolute atomic E-state index is 0.137. The Labute approximate surface area is 109 Å². The van der Waals surface area contributed by atoms with E-state index in [-0.39, 0.29) is 5.69 Å². The van der Waals surface area contributed by atoms with Gasteiger partial charge in [-0.05, 0) is 12.3 Å². The summed E-state index contributed by atoms with van der Waals surface area (Å²) in [7, 11) is 0. The van der Waals surface area contributed by atoms with Gasteiger partial charge in [0.05, 0.1) is 4.92 Å². The van der Waals surface area contributed by atoms with E-state index in [1.807, 2.05) is 0 Å². The summed E-state index contributed by atoms with van der Waals surface area (Å²) in [5, 5.41) is 18.8. The quantitative estimate of drug-likeness (QED) is 0.619. The molecule has 1 aromatic carbocycles. The average Bonchev–Trinajstić information content (AvgIpc) is 2.42. The molecule has 0 aliphatic heterocycles. The smallest absolute Gasteiger partial charge is 0.269 e. The zero-order valence-corrected chi connectivity index (χ0v) is 11.2. The van der Waals surface area contributed by atoms with Gasteiger partial charge in [0, 0.05) is 18.7 Å². The summed E-state index contributed by atoms with van der Waals surface area (Å²) < 4.78 is 0. The van der Waals surface area contributed by atoms with Gasteiger partial charge in [0.2, 0.25) is 0 Å². The SMILES string of the molecule is CCCCC(CC)CO.O=[N+]([O-])c1ccccc1. The molecule has 0 radical (unpaired) electrons. The van der Waals surface area contributed by atoms with E-state index >= 15 is 0 Å². The molecule has 0 aromatic heterocycles. The van der Waals surface area contributed by atoms with Crippen LogP contribution in [0.25, 0.3) is 0 Å². The van der Waals surface area contributed by atoms with E-state index in [0.717, 1.165) is 6.42 Å². The highest BCUT2D eigenvalue weighted by Crippen LogP contribution is 2.10. The molecular formula is C14H23NO3. The molecule has 1 aromatic rings. The van der Waals surface area contributed by atoms with Gasteiger partial charge in [-0.25, -0.2) is 0 Å². The van der Waals surface area contributed by atoms with Gasteiger partial charge in [0.1, 0.15) is 0 Å². The van der Waals surface area contributed by atoms with Gasteiger partial charge in [0.25, 0.3) is 5.69 Å². The fourth-order valence-electron chi connectivity index (χ4n) is 1.47. The number of benzene rings is 1. The highest BCUT2D eigenvalue weighted by Gasteiger charge is 2.01. The number of nitro benzene ring substituents is 1. The number of unbranched alkanes of at least 4 members (excludes halogenated alkanes) is 1. The van der Waals surface area contributed by atoms with Crippen molar-refractivity contribution in [2.24, 2.45) is 5.92 Å². The molecule has 18 heavy (non-hydrogen) atoms.